The third kappa shape index (κ3) is 0.761. The summed E-state index contributed by atoms with van der Waals surface area (Å²) in [6.07, 6.45) is 0. The van der Waals surface area contributed by atoms with Gasteiger partial charge >= 0.3 is 11.9 Å². The summed E-state index contributed by atoms with van der Waals surface area (Å²) in [7, 11) is 0. The average Bonchev–Trinajstić information content (AvgIpc) is 1.58. The molecule has 0 spiro atoms. The van der Waals surface area contributed by atoms with Crippen LogP contribution in [0.2, 0.25) is 0 Å². The van der Waals surface area contributed by atoms with Crippen LogP contribution in [0.25, 0.3) is 0 Å². The predicted molar refractivity (Wildman–Crippen MR) is 31.3 cm³/mol. The molecule has 1 heterocycles. The van der Waals surface area contributed by atoms with Crippen molar-refractivity contribution in [2.45, 2.75) is 19.4 Å². The molecule has 1 aliphatic heterocycles. The van der Waals surface area contributed by atoms with Crippen molar-refractivity contribution in [1.29, 1.82) is 0 Å². The average molecular weight is 144 g/mol. The van der Waals surface area contributed by atoms with Crippen LogP contribution in [0.1, 0.15) is 13.8 Å². The van der Waals surface area contributed by atoms with Crippen LogP contribution in [0.3, 0.4) is 0 Å². The topological polar surface area (TPSA) is 63.6 Å². The first kappa shape index (κ1) is 7.05. The fourth-order valence-electron chi connectivity index (χ4n) is 1.00. The highest BCUT2D eigenvalue weighted by Crippen LogP contribution is 2.33. The fraction of sp³-hybridized carbons (Fsp3) is 0.667. The van der Waals surface area contributed by atoms with Crippen LogP contribution in [0, 0.1) is 5.92 Å². The molecule has 4 nitrogen and oxygen atoms in total. The lowest BCUT2D eigenvalue weighted by molar-refractivity contribution is -0.209. The van der Waals surface area contributed by atoms with Crippen LogP contribution < -0.4 is 0 Å². The molecule has 1 N–H and O–H groups in total. The maximum atomic E-state index is 10.5. The Kier molecular flexibility index (Phi) is 1.21. The largest absolute Gasteiger partial charge is 0.480 e. The third-order valence-electron chi connectivity index (χ3n) is 1.54. The predicted octanol–water partition coefficient (Wildman–Crippen LogP) is 0.0226. The van der Waals surface area contributed by atoms with E-state index in [0.29, 0.717) is 0 Å². The molecule has 0 saturated carbocycles. The first-order valence-corrected chi connectivity index (χ1v) is 2.91. The number of carbonyl (C=O) groups is 2. The van der Waals surface area contributed by atoms with E-state index in [2.05, 4.69) is 4.74 Å². The van der Waals surface area contributed by atoms with Gasteiger partial charge < -0.3 is 9.84 Å². The second-order valence-electron chi connectivity index (χ2n) is 2.80. The molecule has 1 rings (SSSR count). The normalized spacial score (nSPS) is 28.6. The van der Waals surface area contributed by atoms with Crippen molar-refractivity contribution in [3.63, 3.8) is 0 Å². The standard InChI is InChI=1S/C6H8O4/c1-6(2)3(4(7)8)5(9)10-6/h3H,1-2H3,(H,7,8)/t3-/m0/s1. The number of cyclic esters (lactones) is 1. The van der Waals surface area contributed by atoms with E-state index < -0.39 is 23.5 Å². The number of rotatable bonds is 1. The molecule has 0 aliphatic carbocycles. The lowest BCUT2D eigenvalue weighted by Crippen LogP contribution is -2.56. The van der Waals surface area contributed by atoms with E-state index >= 15 is 0 Å². The minimum absolute atomic E-state index is 0.641. The molecule has 4 heteroatoms. The summed E-state index contributed by atoms with van der Waals surface area (Å²) >= 11 is 0. The number of esters is 1. The molecular weight excluding hydrogens is 136 g/mol. The zero-order valence-corrected chi connectivity index (χ0v) is 5.75. The molecule has 1 atom stereocenters. The van der Waals surface area contributed by atoms with Crippen molar-refractivity contribution in [2.75, 3.05) is 0 Å². The van der Waals surface area contributed by atoms with Crippen molar-refractivity contribution in [1.82, 2.24) is 0 Å². The van der Waals surface area contributed by atoms with Gasteiger partial charge in [0.2, 0.25) is 0 Å². The highest BCUT2D eigenvalue weighted by Gasteiger charge is 2.54. The summed E-state index contributed by atoms with van der Waals surface area (Å²) in [5, 5.41) is 8.44. The molecular formula is C6H8O4. The molecule has 1 aliphatic rings. The van der Waals surface area contributed by atoms with E-state index in [1.807, 2.05) is 0 Å². The molecule has 56 valence electrons. The molecule has 0 aromatic rings. The zero-order valence-electron chi connectivity index (χ0n) is 5.75. The quantitative estimate of drug-likeness (QED) is 0.416. The minimum Gasteiger partial charge on any atom is -0.480 e. The molecule has 0 bridgehead atoms. The van der Waals surface area contributed by atoms with Crippen LogP contribution in [0.5, 0.6) is 0 Å². The van der Waals surface area contributed by atoms with Crippen LogP contribution in [0.15, 0.2) is 0 Å². The molecule has 0 unspecified atom stereocenters. The maximum absolute atomic E-state index is 10.5. The Morgan fingerprint density at radius 2 is 2.20 bits per heavy atom. The van der Waals surface area contributed by atoms with Crippen molar-refractivity contribution in [3.05, 3.63) is 0 Å². The molecule has 1 saturated heterocycles. The number of hydrogen-bond acceptors (Lipinski definition) is 3. The van der Waals surface area contributed by atoms with Gasteiger partial charge in [0.25, 0.3) is 0 Å². The van der Waals surface area contributed by atoms with Gasteiger partial charge in [-0.25, -0.2) is 0 Å². The number of carboxylic acid groups (broad SMARTS) is 1. The Morgan fingerprint density at radius 3 is 2.30 bits per heavy atom. The summed E-state index contributed by atoms with van der Waals surface area (Å²) in [4.78, 5) is 20.8. The Bertz CT molecular complexity index is 186. The van der Waals surface area contributed by atoms with Gasteiger partial charge in [0.1, 0.15) is 5.60 Å². The monoisotopic (exact) mass is 144 g/mol. The van der Waals surface area contributed by atoms with E-state index in [0.717, 1.165) is 0 Å². The first-order chi connectivity index (χ1) is 4.45. The Morgan fingerprint density at radius 1 is 1.70 bits per heavy atom. The van der Waals surface area contributed by atoms with E-state index in [-0.39, 0.29) is 0 Å². The molecule has 1 fully saturated rings. The second kappa shape index (κ2) is 1.71. The van der Waals surface area contributed by atoms with Crippen molar-refractivity contribution in [2.24, 2.45) is 5.92 Å². The summed E-state index contributed by atoms with van der Waals surface area (Å²) in [6.45, 7) is 3.15. The van der Waals surface area contributed by atoms with Crippen molar-refractivity contribution < 1.29 is 19.4 Å². The van der Waals surface area contributed by atoms with Gasteiger partial charge in [-0.15, -0.1) is 0 Å². The van der Waals surface area contributed by atoms with E-state index in [4.69, 9.17) is 5.11 Å². The van der Waals surface area contributed by atoms with Gasteiger partial charge in [-0.2, -0.15) is 0 Å². The molecule has 0 amide bonds. The summed E-state index contributed by atoms with van der Waals surface area (Å²) in [6, 6.07) is 0. The van der Waals surface area contributed by atoms with Gasteiger partial charge in [-0.3, -0.25) is 9.59 Å². The van der Waals surface area contributed by atoms with Crippen molar-refractivity contribution >= 4 is 11.9 Å². The molecule has 10 heavy (non-hydrogen) atoms. The van der Waals surface area contributed by atoms with Gasteiger partial charge in [0.05, 0.1) is 0 Å². The van der Waals surface area contributed by atoms with Crippen LogP contribution >= 0.6 is 0 Å². The van der Waals surface area contributed by atoms with Gasteiger partial charge in [-0.05, 0) is 13.8 Å². The second-order valence-corrected chi connectivity index (χ2v) is 2.80. The molecule has 0 aromatic heterocycles. The van der Waals surface area contributed by atoms with E-state index in [1.54, 1.807) is 13.8 Å². The molecule has 0 aromatic carbocycles. The Labute approximate surface area is 57.8 Å². The summed E-state index contributed by atoms with van der Waals surface area (Å²) in [5.74, 6) is -2.73. The minimum atomic E-state index is -1.11. The highest BCUT2D eigenvalue weighted by molar-refractivity contribution is 5.99. The SMILES string of the molecule is CC1(C)OC(=O)[C@@H]1C(=O)O. The third-order valence-corrected chi connectivity index (χ3v) is 1.54. The molecule has 0 radical (unpaired) electrons. The Balaban J connectivity index is 2.75. The zero-order chi connectivity index (χ0) is 7.94. The fourth-order valence-corrected chi connectivity index (χ4v) is 1.00. The number of carbonyl (C=O) groups excluding carboxylic acids is 1. The van der Waals surface area contributed by atoms with E-state index in [9.17, 15) is 9.59 Å². The van der Waals surface area contributed by atoms with Crippen molar-refractivity contribution in [3.8, 4) is 0 Å². The highest BCUT2D eigenvalue weighted by atomic mass is 16.6. The number of carboxylic acids is 1. The van der Waals surface area contributed by atoms with Gasteiger partial charge in [-0.1, -0.05) is 0 Å². The van der Waals surface area contributed by atoms with E-state index in [1.165, 1.54) is 0 Å². The number of hydrogen-bond donors (Lipinski definition) is 1. The summed E-state index contributed by atoms with van der Waals surface area (Å²) < 4.78 is 4.58. The maximum Gasteiger partial charge on any atom is 0.325 e. The lowest BCUT2D eigenvalue weighted by Gasteiger charge is -2.39. The van der Waals surface area contributed by atoms with Crippen LogP contribution in [-0.4, -0.2) is 22.6 Å². The summed E-state index contributed by atoms with van der Waals surface area (Å²) in [5.41, 5.74) is -0.817. The van der Waals surface area contributed by atoms with Crippen LogP contribution in [0.4, 0.5) is 0 Å². The first-order valence-electron chi connectivity index (χ1n) is 2.91. The van der Waals surface area contributed by atoms with Crippen LogP contribution in [-0.2, 0) is 14.3 Å². The Hall–Kier alpha value is -1.06. The smallest absolute Gasteiger partial charge is 0.325 e. The lowest BCUT2D eigenvalue weighted by atomic mass is 9.85. The number of ether oxygens (including phenoxy) is 1. The van der Waals surface area contributed by atoms with Gasteiger partial charge in [0, 0.05) is 0 Å². The van der Waals surface area contributed by atoms with Gasteiger partial charge in [0.15, 0.2) is 5.92 Å². The number of aliphatic carboxylic acids is 1.